The first-order valence-electron chi connectivity index (χ1n) is 7.16. The molecule has 1 unspecified atom stereocenters. The molecule has 21 heavy (non-hydrogen) atoms. The van der Waals surface area contributed by atoms with E-state index in [2.05, 4.69) is 4.90 Å². The Morgan fingerprint density at radius 1 is 1.14 bits per heavy atom. The minimum absolute atomic E-state index is 0.246. The maximum Gasteiger partial charge on any atom is 0.416 e. The van der Waals surface area contributed by atoms with Gasteiger partial charge in [0.1, 0.15) is 5.75 Å². The lowest BCUT2D eigenvalue weighted by Gasteiger charge is -2.28. The largest absolute Gasteiger partial charge is 0.473 e. The van der Waals surface area contributed by atoms with Crippen molar-refractivity contribution in [2.24, 2.45) is 0 Å². The van der Waals surface area contributed by atoms with Crippen molar-refractivity contribution < 1.29 is 22.6 Å². The van der Waals surface area contributed by atoms with Gasteiger partial charge in [0.2, 0.25) is 0 Å². The zero-order chi connectivity index (χ0) is 15.3. The molecule has 0 amide bonds. The highest BCUT2D eigenvalue weighted by Gasteiger charge is 2.30. The third kappa shape index (κ3) is 4.61. The molecule has 1 aromatic carbocycles. The zero-order valence-electron chi connectivity index (χ0n) is 12.0. The summed E-state index contributed by atoms with van der Waals surface area (Å²) in [5.74, 6) is 0.430. The van der Waals surface area contributed by atoms with Crippen LogP contribution in [0.1, 0.15) is 25.3 Å². The van der Waals surface area contributed by atoms with E-state index in [1.807, 2.05) is 6.92 Å². The van der Waals surface area contributed by atoms with Gasteiger partial charge in [-0.15, -0.1) is 0 Å². The first-order chi connectivity index (χ1) is 10.0. The van der Waals surface area contributed by atoms with Gasteiger partial charge in [-0.3, -0.25) is 4.90 Å². The average molecular weight is 303 g/mol. The van der Waals surface area contributed by atoms with Crippen molar-refractivity contribution in [3.63, 3.8) is 0 Å². The highest BCUT2D eigenvalue weighted by molar-refractivity contribution is 5.29. The fourth-order valence-corrected chi connectivity index (χ4v) is 2.34. The molecule has 1 aliphatic heterocycles. The summed E-state index contributed by atoms with van der Waals surface area (Å²) in [6.45, 7) is 4.76. The second-order valence-corrected chi connectivity index (χ2v) is 5.00. The number of alkyl halides is 3. The number of likely N-dealkylation sites (tertiary alicyclic amines) is 1. The van der Waals surface area contributed by atoms with Crippen LogP contribution < -0.4 is 4.74 Å². The first-order valence-corrected chi connectivity index (χ1v) is 7.16. The second-order valence-electron chi connectivity index (χ2n) is 5.00. The highest BCUT2D eigenvalue weighted by Crippen LogP contribution is 2.30. The van der Waals surface area contributed by atoms with Gasteiger partial charge in [0.05, 0.1) is 12.2 Å². The van der Waals surface area contributed by atoms with Crippen LogP contribution in [-0.2, 0) is 10.9 Å². The number of nitrogens with zero attached hydrogens (tertiary/aromatic N) is 1. The van der Waals surface area contributed by atoms with Crippen molar-refractivity contribution in [2.45, 2.75) is 32.2 Å². The van der Waals surface area contributed by atoms with Gasteiger partial charge in [-0.1, -0.05) is 0 Å². The Balaban J connectivity index is 2.01. The number of benzene rings is 1. The summed E-state index contributed by atoms with van der Waals surface area (Å²) in [4.78, 5) is 2.16. The molecule has 1 saturated heterocycles. The summed E-state index contributed by atoms with van der Waals surface area (Å²) in [5, 5.41) is 0. The fraction of sp³-hybridized carbons (Fsp3) is 0.600. The van der Waals surface area contributed by atoms with E-state index in [1.165, 1.54) is 12.1 Å². The summed E-state index contributed by atoms with van der Waals surface area (Å²) < 4.78 is 48.8. The lowest BCUT2D eigenvalue weighted by molar-refractivity contribution is -0.137. The van der Waals surface area contributed by atoms with Gasteiger partial charge >= 0.3 is 6.18 Å². The zero-order valence-corrected chi connectivity index (χ0v) is 12.0. The molecule has 0 aliphatic carbocycles. The fourth-order valence-electron chi connectivity index (χ4n) is 2.34. The Bertz CT molecular complexity index is 428. The van der Waals surface area contributed by atoms with Gasteiger partial charge in [-0.25, -0.2) is 0 Å². The maximum atomic E-state index is 12.5. The van der Waals surface area contributed by atoms with Gasteiger partial charge in [0.15, 0.2) is 6.23 Å². The molecule has 1 fully saturated rings. The lowest BCUT2D eigenvalue weighted by Crippen LogP contribution is -2.41. The van der Waals surface area contributed by atoms with Crippen molar-refractivity contribution in [1.29, 1.82) is 0 Å². The van der Waals surface area contributed by atoms with Gasteiger partial charge in [0, 0.05) is 19.7 Å². The number of hydrogen-bond acceptors (Lipinski definition) is 3. The molecule has 6 heteroatoms. The Morgan fingerprint density at radius 3 is 2.29 bits per heavy atom. The molecular formula is C15H20F3NO2. The average Bonchev–Trinajstić information content (AvgIpc) is 2.97. The standard InChI is InChI=1S/C15H20F3NO2/c1-2-20-11-14(19-9-3-4-10-19)21-13-7-5-12(6-8-13)15(16,17)18/h5-8,14H,2-4,9-11H2,1H3. The van der Waals surface area contributed by atoms with Crippen LogP contribution in [0.2, 0.25) is 0 Å². The van der Waals surface area contributed by atoms with Crippen LogP contribution in [0.4, 0.5) is 13.2 Å². The third-order valence-corrected chi connectivity index (χ3v) is 3.47. The van der Waals surface area contributed by atoms with E-state index in [4.69, 9.17) is 9.47 Å². The van der Waals surface area contributed by atoms with Gasteiger partial charge in [-0.2, -0.15) is 13.2 Å². The van der Waals surface area contributed by atoms with Crippen LogP contribution >= 0.6 is 0 Å². The van der Waals surface area contributed by atoms with Crippen LogP contribution in [0.3, 0.4) is 0 Å². The molecule has 0 aromatic heterocycles. The number of ether oxygens (including phenoxy) is 2. The lowest BCUT2D eigenvalue weighted by atomic mass is 10.2. The molecule has 0 spiro atoms. The third-order valence-electron chi connectivity index (χ3n) is 3.47. The molecular weight excluding hydrogens is 283 g/mol. The molecule has 1 aliphatic rings. The van der Waals surface area contributed by atoms with E-state index >= 15 is 0 Å². The summed E-state index contributed by atoms with van der Waals surface area (Å²) in [5.41, 5.74) is -0.669. The molecule has 1 heterocycles. The molecule has 0 saturated carbocycles. The Morgan fingerprint density at radius 2 is 1.76 bits per heavy atom. The van der Waals surface area contributed by atoms with E-state index in [-0.39, 0.29) is 6.23 Å². The SMILES string of the molecule is CCOCC(Oc1ccc(C(F)(F)F)cc1)N1CCCC1. The van der Waals surface area contributed by atoms with Crippen molar-refractivity contribution in [2.75, 3.05) is 26.3 Å². The monoisotopic (exact) mass is 303 g/mol. The molecule has 2 rings (SSSR count). The highest BCUT2D eigenvalue weighted by atomic mass is 19.4. The van der Waals surface area contributed by atoms with Gasteiger partial charge < -0.3 is 9.47 Å². The van der Waals surface area contributed by atoms with E-state index < -0.39 is 11.7 Å². The van der Waals surface area contributed by atoms with E-state index in [9.17, 15) is 13.2 Å². The van der Waals surface area contributed by atoms with Gasteiger partial charge in [-0.05, 0) is 44.0 Å². The summed E-state index contributed by atoms with van der Waals surface area (Å²) in [7, 11) is 0. The van der Waals surface area contributed by atoms with E-state index in [1.54, 1.807) is 0 Å². The topological polar surface area (TPSA) is 21.7 Å². The van der Waals surface area contributed by atoms with Crippen LogP contribution in [0.15, 0.2) is 24.3 Å². The minimum Gasteiger partial charge on any atom is -0.473 e. The normalized spacial score (nSPS) is 17.9. The van der Waals surface area contributed by atoms with Crippen LogP contribution in [0.5, 0.6) is 5.75 Å². The van der Waals surface area contributed by atoms with E-state index in [0.717, 1.165) is 38.1 Å². The Kier molecular flexibility index (Phi) is 5.47. The summed E-state index contributed by atoms with van der Waals surface area (Å²) in [6.07, 6.45) is -2.35. The molecule has 0 radical (unpaired) electrons. The molecule has 0 bridgehead atoms. The number of hydrogen-bond donors (Lipinski definition) is 0. The predicted octanol–water partition coefficient (Wildman–Crippen LogP) is 3.54. The Labute approximate surface area is 122 Å². The number of rotatable bonds is 6. The first kappa shape index (κ1) is 16.1. The summed E-state index contributed by atoms with van der Waals surface area (Å²) >= 11 is 0. The molecule has 1 aromatic rings. The maximum absolute atomic E-state index is 12.5. The van der Waals surface area contributed by atoms with E-state index in [0.29, 0.717) is 19.0 Å². The van der Waals surface area contributed by atoms with Crippen molar-refractivity contribution in [3.8, 4) is 5.75 Å². The quantitative estimate of drug-likeness (QED) is 0.802. The predicted molar refractivity (Wildman–Crippen MR) is 73.2 cm³/mol. The van der Waals surface area contributed by atoms with Crippen LogP contribution in [-0.4, -0.2) is 37.4 Å². The summed E-state index contributed by atoms with van der Waals surface area (Å²) in [6, 6.07) is 4.80. The minimum atomic E-state index is -4.32. The Hall–Kier alpha value is -1.27. The smallest absolute Gasteiger partial charge is 0.416 e. The van der Waals surface area contributed by atoms with Crippen molar-refractivity contribution in [1.82, 2.24) is 4.90 Å². The molecule has 1 atom stereocenters. The second kappa shape index (κ2) is 7.13. The number of halogens is 3. The van der Waals surface area contributed by atoms with Gasteiger partial charge in [0.25, 0.3) is 0 Å². The molecule has 3 nitrogen and oxygen atoms in total. The van der Waals surface area contributed by atoms with Crippen molar-refractivity contribution in [3.05, 3.63) is 29.8 Å². The van der Waals surface area contributed by atoms with Crippen LogP contribution in [0.25, 0.3) is 0 Å². The molecule has 0 N–H and O–H groups in total. The molecule has 118 valence electrons. The van der Waals surface area contributed by atoms with Crippen LogP contribution in [0, 0.1) is 0 Å². The van der Waals surface area contributed by atoms with Crippen molar-refractivity contribution >= 4 is 0 Å².